The molecule has 0 atom stereocenters. The fraction of sp³-hybridized carbons (Fsp3) is 0.333. The van der Waals surface area contributed by atoms with Gasteiger partial charge in [-0.05, 0) is 35.9 Å². The number of benzene rings is 2. The number of amides is 1. The maximum Gasteiger partial charge on any atom is 0.253 e. The van der Waals surface area contributed by atoms with Gasteiger partial charge in [-0.25, -0.2) is 0 Å². The van der Waals surface area contributed by atoms with Crippen LogP contribution in [0.3, 0.4) is 0 Å². The summed E-state index contributed by atoms with van der Waals surface area (Å²) in [4.78, 5) is 19.7. The summed E-state index contributed by atoms with van der Waals surface area (Å²) in [7, 11) is 0. The molecule has 1 amide bonds. The molecule has 2 heterocycles. The van der Waals surface area contributed by atoms with E-state index in [2.05, 4.69) is 26.6 Å². The molecular weight excluding hydrogens is 324 g/mol. The third-order valence-corrected chi connectivity index (χ3v) is 5.00. The summed E-state index contributed by atoms with van der Waals surface area (Å²) >= 11 is 0. The molecule has 3 aromatic rings. The summed E-state index contributed by atoms with van der Waals surface area (Å²) in [5.74, 6) is -0.0419. The normalized spacial score (nSPS) is 15.4. The van der Waals surface area contributed by atoms with Gasteiger partial charge in [0.25, 0.3) is 5.91 Å². The second-order valence-electron chi connectivity index (χ2n) is 6.75. The molecule has 1 aliphatic rings. The van der Waals surface area contributed by atoms with Crippen molar-refractivity contribution in [3.63, 3.8) is 0 Å². The molecule has 2 aromatic carbocycles. The Morgan fingerprint density at radius 1 is 1.12 bits per heavy atom. The SMILES string of the molecule is O=C(NCCCN1CCNCC1)c1cc2ccccc2c2cccnc12. The van der Waals surface area contributed by atoms with Crippen molar-refractivity contribution >= 4 is 27.6 Å². The van der Waals surface area contributed by atoms with Crippen molar-refractivity contribution < 1.29 is 4.79 Å². The molecule has 0 radical (unpaired) electrons. The molecule has 26 heavy (non-hydrogen) atoms. The van der Waals surface area contributed by atoms with E-state index in [-0.39, 0.29) is 5.91 Å². The average Bonchev–Trinajstić information content (AvgIpc) is 2.71. The van der Waals surface area contributed by atoms with Gasteiger partial charge in [0, 0.05) is 44.3 Å². The van der Waals surface area contributed by atoms with Crippen molar-refractivity contribution in [2.24, 2.45) is 0 Å². The highest BCUT2D eigenvalue weighted by molar-refractivity contribution is 6.15. The van der Waals surface area contributed by atoms with Crippen LogP contribution in [0.25, 0.3) is 21.7 Å². The van der Waals surface area contributed by atoms with Gasteiger partial charge in [0.2, 0.25) is 0 Å². The number of rotatable bonds is 5. The van der Waals surface area contributed by atoms with Gasteiger partial charge in [0.15, 0.2) is 0 Å². The van der Waals surface area contributed by atoms with Gasteiger partial charge in [0.05, 0.1) is 11.1 Å². The first-order chi connectivity index (χ1) is 12.8. The Labute approximate surface area is 153 Å². The first kappa shape index (κ1) is 16.9. The third-order valence-electron chi connectivity index (χ3n) is 5.00. The first-order valence-corrected chi connectivity index (χ1v) is 9.31. The van der Waals surface area contributed by atoms with Crippen molar-refractivity contribution in [1.82, 2.24) is 20.5 Å². The minimum absolute atomic E-state index is 0.0419. The van der Waals surface area contributed by atoms with Gasteiger partial charge >= 0.3 is 0 Å². The predicted octanol–water partition coefficient (Wildman–Crippen LogP) is 2.41. The summed E-state index contributed by atoms with van der Waals surface area (Å²) in [6, 6.07) is 14.0. The van der Waals surface area contributed by atoms with Gasteiger partial charge < -0.3 is 15.5 Å². The Morgan fingerprint density at radius 3 is 2.81 bits per heavy atom. The molecule has 4 rings (SSSR count). The largest absolute Gasteiger partial charge is 0.352 e. The van der Waals surface area contributed by atoms with Crippen LogP contribution < -0.4 is 10.6 Å². The van der Waals surface area contributed by atoms with E-state index in [0.29, 0.717) is 12.1 Å². The summed E-state index contributed by atoms with van der Waals surface area (Å²) in [6.45, 7) is 6.01. The van der Waals surface area contributed by atoms with E-state index in [0.717, 1.165) is 60.8 Å². The minimum atomic E-state index is -0.0419. The van der Waals surface area contributed by atoms with Crippen molar-refractivity contribution in [3.05, 3.63) is 54.2 Å². The van der Waals surface area contributed by atoms with Crippen LogP contribution in [0.2, 0.25) is 0 Å². The van der Waals surface area contributed by atoms with Crippen LogP contribution in [-0.2, 0) is 0 Å². The number of hydrogen-bond donors (Lipinski definition) is 2. The van der Waals surface area contributed by atoms with Gasteiger partial charge in [-0.2, -0.15) is 0 Å². The Morgan fingerprint density at radius 2 is 1.92 bits per heavy atom. The van der Waals surface area contributed by atoms with Crippen LogP contribution in [0.15, 0.2) is 48.7 Å². The molecule has 2 N–H and O–H groups in total. The smallest absolute Gasteiger partial charge is 0.253 e. The molecule has 1 saturated heterocycles. The maximum atomic E-state index is 12.8. The van der Waals surface area contributed by atoms with Crippen molar-refractivity contribution in [2.45, 2.75) is 6.42 Å². The number of nitrogens with zero attached hydrogens (tertiary/aromatic N) is 2. The summed E-state index contributed by atoms with van der Waals surface area (Å²) < 4.78 is 0. The predicted molar refractivity (Wildman–Crippen MR) is 106 cm³/mol. The number of aromatic nitrogens is 1. The Hall–Kier alpha value is -2.50. The van der Waals surface area contributed by atoms with Crippen LogP contribution in [0, 0.1) is 0 Å². The van der Waals surface area contributed by atoms with Gasteiger partial charge in [-0.1, -0.05) is 30.3 Å². The second-order valence-corrected chi connectivity index (χ2v) is 6.75. The second kappa shape index (κ2) is 7.81. The summed E-state index contributed by atoms with van der Waals surface area (Å²) in [6.07, 6.45) is 2.71. The molecule has 0 aliphatic carbocycles. The fourth-order valence-corrected chi connectivity index (χ4v) is 3.64. The first-order valence-electron chi connectivity index (χ1n) is 9.31. The van der Waals surface area contributed by atoms with Gasteiger partial charge in [-0.15, -0.1) is 0 Å². The Bertz CT molecular complexity index is 918. The van der Waals surface area contributed by atoms with Crippen LogP contribution in [0.4, 0.5) is 0 Å². The molecular formula is C21H24N4O. The molecule has 134 valence electrons. The zero-order valence-electron chi connectivity index (χ0n) is 14.9. The number of hydrogen-bond acceptors (Lipinski definition) is 4. The summed E-state index contributed by atoms with van der Waals surface area (Å²) in [5, 5.41) is 9.66. The van der Waals surface area contributed by atoms with Crippen LogP contribution in [-0.4, -0.2) is 55.1 Å². The van der Waals surface area contributed by atoms with E-state index in [1.807, 2.05) is 36.4 Å². The monoisotopic (exact) mass is 348 g/mol. The fourth-order valence-electron chi connectivity index (χ4n) is 3.64. The molecule has 1 aliphatic heterocycles. The lowest BCUT2D eigenvalue weighted by atomic mass is 10.0. The molecule has 0 unspecified atom stereocenters. The van der Waals surface area contributed by atoms with E-state index in [9.17, 15) is 4.79 Å². The van der Waals surface area contributed by atoms with Crippen LogP contribution in [0.5, 0.6) is 0 Å². The Balaban J connectivity index is 1.49. The molecule has 0 saturated carbocycles. The number of fused-ring (bicyclic) bond motifs is 3. The lowest BCUT2D eigenvalue weighted by Crippen LogP contribution is -2.44. The quantitative estimate of drug-likeness (QED) is 0.549. The third kappa shape index (κ3) is 3.54. The molecule has 0 spiro atoms. The van der Waals surface area contributed by atoms with Crippen molar-refractivity contribution in [1.29, 1.82) is 0 Å². The number of carbonyl (C=O) groups is 1. The van der Waals surface area contributed by atoms with E-state index >= 15 is 0 Å². The molecule has 5 heteroatoms. The topological polar surface area (TPSA) is 57.3 Å². The number of pyridine rings is 1. The highest BCUT2D eigenvalue weighted by Crippen LogP contribution is 2.27. The molecule has 5 nitrogen and oxygen atoms in total. The highest BCUT2D eigenvalue weighted by Gasteiger charge is 2.14. The highest BCUT2D eigenvalue weighted by atomic mass is 16.1. The zero-order valence-corrected chi connectivity index (χ0v) is 14.9. The Kier molecular flexibility index (Phi) is 5.09. The molecule has 0 bridgehead atoms. The number of piperazine rings is 1. The van der Waals surface area contributed by atoms with E-state index in [4.69, 9.17) is 0 Å². The van der Waals surface area contributed by atoms with E-state index in [1.165, 1.54) is 0 Å². The van der Waals surface area contributed by atoms with E-state index in [1.54, 1.807) is 6.20 Å². The van der Waals surface area contributed by atoms with Gasteiger partial charge in [0.1, 0.15) is 0 Å². The van der Waals surface area contributed by atoms with Crippen molar-refractivity contribution in [2.75, 3.05) is 39.3 Å². The van der Waals surface area contributed by atoms with Gasteiger partial charge in [-0.3, -0.25) is 9.78 Å². The van der Waals surface area contributed by atoms with Crippen LogP contribution in [0.1, 0.15) is 16.8 Å². The maximum absolute atomic E-state index is 12.8. The van der Waals surface area contributed by atoms with Crippen molar-refractivity contribution in [3.8, 4) is 0 Å². The molecule has 1 fully saturated rings. The molecule has 1 aromatic heterocycles. The zero-order chi connectivity index (χ0) is 17.8. The lowest BCUT2D eigenvalue weighted by molar-refractivity contribution is 0.0953. The standard InChI is InChI=1S/C21H24N4O/c26-21(24-9-4-12-25-13-10-22-11-14-25)19-15-16-5-1-2-6-17(16)18-7-3-8-23-20(18)19/h1-3,5-8,15,22H,4,9-14H2,(H,24,26). The minimum Gasteiger partial charge on any atom is -0.352 e. The van der Waals surface area contributed by atoms with Crippen LogP contribution >= 0.6 is 0 Å². The van der Waals surface area contributed by atoms with E-state index < -0.39 is 0 Å². The number of nitrogens with one attached hydrogen (secondary N) is 2. The summed E-state index contributed by atoms with van der Waals surface area (Å²) in [5.41, 5.74) is 1.42. The average molecular weight is 348 g/mol. The number of carbonyl (C=O) groups excluding carboxylic acids is 1. The lowest BCUT2D eigenvalue weighted by Gasteiger charge is -2.27.